The van der Waals surface area contributed by atoms with Gasteiger partial charge in [-0.05, 0) is 6.92 Å². The summed E-state index contributed by atoms with van der Waals surface area (Å²) in [7, 11) is 0. The Balaban J connectivity index is 3.21. The molecule has 0 amide bonds. The summed E-state index contributed by atoms with van der Waals surface area (Å²) in [4.78, 5) is 11.8. The first kappa shape index (κ1) is 9.04. The van der Waals surface area contributed by atoms with Gasteiger partial charge < -0.3 is 5.11 Å². The summed E-state index contributed by atoms with van der Waals surface area (Å²) < 4.78 is 1.48. The van der Waals surface area contributed by atoms with E-state index in [1.165, 1.54) is 4.57 Å². The third-order valence-electron chi connectivity index (χ3n) is 1.63. The van der Waals surface area contributed by atoms with Crippen LogP contribution in [0.25, 0.3) is 0 Å². The van der Waals surface area contributed by atoms with Gasteiger partial charge in [-0.2, -0.15) is 0 Å². The van der Waals surface area contributed by atoms with Crippen LogP contribution in [0.2, 0.25) is 0 Å². The number of hydrogen-bond acceptors (Lipinski definition) is 3. The van der Waals surface area contributed by atoms with E-state index in [2.05, 4.69) is 5.92 Å². The SMILES string of the molecule is C#CCn1c(C)c(CO)sc1=O. The summed E-state index contributed by atoms with van der Waals surface area (Å²) in [6.07, 6.45) is 5.08. The topological polar surface area (TPSA) is 42.2 Å². The Hall–Kier alpha value is -1.05. The van der Waals surface area contributed by atoms with Gasteiger partial charge in [0.1, 0.15) is 0 Å². The van der Waals surface area contributed by atoms with Gasteiger partial charge in [0.05, 0.1) is 18.0 Å². The maximum absolute atomic E-state index is 11.2. The molecule has 0 aliphatic rings. The van der Waals surface area contributed by atoms with Crippen molar-refractivity contribution in [3.63, 3.8) is 0 Å². The smallest absolute Gasteiger partial charge is 0.308 e. The molecule has 0 saturated carbocycles. The summed E-state index contributed by atoms with van der Waals surface area (Å²) >= 11 is 1.04. The van der Waals surface area contributed by atoms with E-state index in [0.717, 1.165) is 17.0 Å². The first-order chi connectivity index (χ1) is 5.70. The van der Waals surface area contributed by atoms with E-state index >= 15 is 0 Å². The van der Waals surface area contributed by atoms with Crippen molar-refractivity contribution in [3.8, 4) is 12.3 Å². The molecular formula is C8H9NO2S. The van der Waals surface area contributed by atoms with Crippen LogP contribution >= 0.6 is 11.3 Å². The second kappa shape index (κ2) is 3.57. The van der Waals surface area contributed by atoms with Crippen molar-refractivity contribution in [2.75, 3.05) is 0 Å². The van der Waals surface area contributed by atoms with Gasteiger partial charge in [-0.15, -0.1) is 6.42 Å². The van der Waals surface area contributed by atoms with Gasteiger partial charge in [0.15, 0.2) is 0 Å². The minimum Gasteiger partial charge on any atom is -0.391 e. The lowest BCUT2D eigenvalue weighted by atomic mass is 10.4. The zero-order valence-electron chi connectivity index (χ0n) is 6.70. The Morgan fingerprint density at radius 1 is 1.75 bits per heavy atom. The molecule has 1 heterocycles. The Morgan fingerprint density at radius 2 is 2.42 bits per heavy atom. The summed E-state index contributed by atoms with van der Waals surface area (Å²) in [6, 6.07) is 0. The summed E-state index contributed by atoms with van der Waals surface area (Å²) in [5.41, 5.74) is 0.769. The third-order valence-corrected chi connectivity index (χ3v) is 2.70. The van der Waals surface area contributed by atoms with E-state index in [0.29, 0.717) is 4.88 Å². The van der Waals surface area contributed by atoms with Crippen LogP contribution in [0, 0.1) is 19.3 Å². The third kappa shape index (κ3) is 1.42. The van der Waals surface area contributed by atoms with E-state index in [4.69, 9.17) is 11.5 Å². The molecule has 0 aliphatic carbocycles. The fraction of sp³-hybridized carbons (Fsp3) is 0.375. The minimum atomic E-state index is -0.102. The molecular weight excluding hydrogens is 174 g/mol. The molecule has 0 aliphatic heterocycles. The van der Waals surface area contributed by atoms with Crippen molar-refractivity contribution < 1.29 is 5.11 Å². The molecule has 0 atom stereocenters. The van der Waals surface area contributed by atoms with E-state index < -0.39 is 0 Å². The van der Waals surface area contributed by atoms with E-state index in [1.807, 2.05) is 0 Å². The number of hydrogen-bond donors (Lipinski definition) is 1. The van der Waals surface area contributed by atoms with Crippen LogP contribution < -0.4 is 4.87 Å². The first-order valence-electron chi connectivity index (χ1n) is 3.44. The van der Waals surface area contributed by atoms with Crippen molar-refractivity contribution in [1.29, 1.82) is 0 Å². The van der Waals surface area contributed by atoms with Gasteiger partial charge in [-0.25, -0.2) is 0 Å². The van der Waals surface area contributed by atoms with Gasteiger partial charge in [0, 0.05) is 5.69 Å². The van der Waals surface area contributed by atoms with E-state index in [9.17, 15) is 4.79 Å². The molecule has 12 heavy (non-hydrogen) atoms. The van der Waals surface area contributed by atoms with Crippen LogP contribution in [0.3, 0.4) is 0 Å². The van der Waals surface area contributed by atoms with Gasteiger partial charge in [0.2, 0.25) is 0 Å². The second-order valence-corrected chi connectivity index (χ2v) is 3.37. The summed E-state index contributed by atoms with van der Waals surface area (Å²) in [5, 5.41) is 8.83. The lowest BCUT2D eigenvalue weighted by Crippen LogP contribution is -2.13. The first-order valence-corrected chi connectivity index (χ1v) is 4.25. The maximum atomic E-state index is 11.2. The largest absolute Gasteiger partial charge is 0.391 e. The molecule has 0 unspecified atom stereocenters. The molecule has 1 aromatic rings. The Morgan fingerprint density at radius 3 is 2.83 bits per heavy atom. The Bertz CT molecular complexity index is 369. The Kier molecular flexibility index (Phi) is 2.69. The number of aliphatic hydroxyl groups is 1. The zero-order chi connectivity index (χ0) is 9.14. The lowest BCUT2D eigenvalue weighted by molar-refractivity contribution is 0.284. The molecule has 0 saturated heterocycles. The highest BCUT2D eigenvalue weighted by Gasteiger charge is 2.07. The molecule has 0 aromatic carbocycles. The highest BCUT2D eigenvalue weighted by Crippen LogP contribution is 2.10. The van der Waals surface area contributed by atoms with E-state index in [-0.39, 0.29) is 18.0 Å². The number of aliphatic hydroxyl groups excluding tert-OH is 1. The molecule has 4 heteroatoms. The molecule has 0 radical (unpaired) electrons. The number of aromatic nitrogens is 1. The number of nitrogens with zero attached hydrogens (tertiary/aromatic N) is 1. The van der Waals surface area contributed by atoms with Crippen molar-refractivity contribution in [2.45, 2.75) is 20.1 Å². The highest BCUT2D eigenvalue weighted by molar-refractivity contribution is 7.09. The molecule has 0 fully saturated rings. The summed E-state index contributed by atoms with van der Waals surface area (Å²) in [5.74, 6) is 2.39. The van der Waals surface area contributed by atoms with Gasteiger partial charge in [0.25, 0.3) is 0 Å². The normalized spacial score (nSPS) is 9.75. The van der Waals surface area contributed by atoms with E-state index in [1.54, 1.807) is 6.92 Å². The standard InChI is InChI=1S/C8H9NO2S/c1-3-4-9-6(2)7(5-10)12-8(9)11/h1,10H,4-5H2,2H3. The van der Waals surface area contributed by atoms with Crippen LogP contribution in [0.1, 0.15) is 10.6 Å². The molecule has 0 spiro atoms. The molecule has 1 aromatic heterocycles. The van der Waals surface area contributed by atoms with Crippen molar-refractivity contribution >= 4 is 11.3 Å². The molecule has 64 valence electrons. The van der Waals surface area contributed by atoms with Gasteiger partial charge >= 0.3 is 4.87 Å². The average Bonchev–Trinajstić information content (AvgIpc) is 2.32. The van der Waals surface area contributed by atoms with Gasteiger partial charge in [-0.3, -0.25) is 9.36 Å². The highest BCUT2D eigenvalue weighted by atomic mass is 32.1. The number of thiazole rings is 1. The van der Waals surface area contributed by atoms with Gasteiger partial charge in [-0.1, -0.05) is 17.3 Å². The van der Waals surface area contributed by atoms with Crippen LogP contribution in [-0.4, -0.2) is 9.67 Å². The fourth-order valence-electron chi connectivity index (χ4n) is 0.943. The maximum Gasteiger partial charge on any atom is 0.308 e. The number of terminal acetylenes is 1. The molecule has 1 N–H and O–H groups in total. The van der Waals surface area contributed by atoms with Crippen LogP contribution in [0.5, 0.6) is 0 Å². The zero-order valence-corrected chi connectivity index (χ0v) is 7.52. The minimum absolute atomic E-state index is 0.0939. The monoisotopic (exact) mass is 183 g/mol. The summed E-state index contributed by atoms with van der Waals surface area (Å²) in [6.45, 7) is 1.96. The van der Waals surface area contributed by atoms with Crippen LogP contribution in [0.15, 0.2) is 4.79 Å². The molecule has 1 rings (SSSR count). The number of rotatable bonds is 2. The van der Waals surface area contributed by atoms with Crippen LogP contribution in [0.4, 0.5) is 0 Å². The quantitative estimate of drug-likeness (QED) is 0.672. The van der Waals surface area contributed by atoms with Crippen molar-refractivity contribution in [3.05, 3.63) is 20.2 Å². The van der Waals surface area contributed by atoms with Crippen LogP contribution in [-0.2, 0) is 13.2 Å². The second-order valence-electron chi connectivity index (χ2n) is 2.32. The lowest BCUT2D eigenvalue weighted by Gasteiger charge is -1.98. The fourth-order valence-corrected chi connectivity index (χ4v) is 1.79. The van der Waals surface area contributed by atoms with Crippen molar-refractivity contribution in [2.24, 2.45) is 0 Å². The molecule has 3 nitrogen and oxygen atoms in total. The molecule has 0 bridgehead atoms. The Labute approximate surface area is 74.3 Å². The van der Waals surface area contributed by atoms with Crippen molar-refractivity contribution in [1.82, 2.24) is 4.57 Å². The average molecular weight is 183 g/mol. The predicted molar refractivity (Wildman–Crippen MR) is 48.1 cm³/mol. The predicted octanol–water partition coefficient (Wildman–Crippen LogP) is 0.344.